The van der Waals surface area contributed by atoms with Crippen molar-refractivity contribution in [2.24, 2.45) is 11.7 Å². The van der Waals surface area contributed by atoms with E-state index in [1.165, 1.54) is 18.4 Å². The molecule has 1 aliphatic rings. The molecule has 0 spiro atoms. The van der Waals surface area contributed by atoms with Gasteiger partial charge in [0, 0.05) is 18.6 Å². The van der Waals surface area contributed by atoms with Gasteiger partial charge in [-0.05, 0) is 50.4 Å². The highest BCUT2D eigenvalue weighted by atomic mass is 16.5. The fourth-order valence-electron chi connectivity index (χ4n) is 2.52. The second-order valence-corrected chi connectivity index (χ2v) is 5.54. The van der Waals surface area contributed by atoms with Gasteiger partial charge in [0.25, 0.3) is 0 Å². The monoisotopic (exact) mass is 248 g/mol. The molecule has 1 aliphatic carbocycles. The van der Waals surface area contributed by atoms with E-state index < -0.39 is 0 Å². The molecular weight excluding hydrogens is 224 g/mol. The van der Waals surface area contributed by atoms with Gasteiger partial charge in [0.15, 0.2) is 0 Å². The Balaban J connectivity index is 2.02. The molecule has 0 aromatic heterocycles. The number of likely N-dealkylation sites (N-methyl/N-ethyl adjacent to an activating group) is 1. The Kier molecular flexibility index (Phi) is 3.93. The minimum absolute atomic E-state index is 0.139. The van der Waals surface area contributed by atoms with E-state index in [-0.39, 0.29) is 5.54 Å². The van der Waals surface area contributed by atoms with E-state index in [0.29, 0.717) is 0 Å². The molecule has 1 atom stereocenters. The number of benzene rings is 1. The van der Waals surface area contributed by atoms with Crippen molar-refractivity contribution in [3.05, 3.63) is 29.8 Å². The number of rotatable bonds is 6. The van der Waals surface area contributed by atoms with Gasteiger partial charge in [0.1, 0.15) is 5.75 Å². The number of hydrogen-bond acceptors (Lipinski definition) is 3. The third-order valence-corrected chi connectivity index (χ3v) is 4.32. The van der Waals surface area contributed by atoms with Crippen LogP contribution >= 0.6 is 0 Å². The highest BCUT2D eigenvalue weighted by Crippen LogP contribution is 2.42. The topological polar surface area (TPSA) is 38.5 Å². The van der Waals surface area contributed by atoms with Crippen LogP contribution in [-0.4, -0.2) is 31.1 Å². The van der Waals surface area contributed by atoms with E-state index in [2.05, 4.69) is 31.0 Å². The number of nitrogens with two attached hydrogens (primary N) is 1. The van der Waals surface area contributed by atoms with Gasteiger partial charge in [-0.15, -0.1) is 0 Å². The molecule has 0 bridgehead atoms. The maximum Gasteiger partial charge on any atom is 0.118 e. The van der Waals surface area contributed by atoms with Crippen LogP contribution in [0, 0.1) is 5.92 Å². The normalized spacial score (nSPS) is 18.7. The van der Waals surface area contributed by atoms with Gasteiger partial charge < -0.3 is 10.5 Å². The van der Waals surface area contributed by atoms with Crippen molar-refractivity contribution < 1.29 is 4.74 Å². The highest BCUT2D eigenvalue weighted by molar-refractivity contribution is 5.27. The molecule has 1 saturated carbocycles. The van der Waals surface area contributed by atoms with Gasteiger partial charge >= 0.3 is 0 Å². The second kappa shape index (κ2) is 5.29. The first-order chi connectivity index (χ1) is 8.60. The molecule has 2 N–H and O–H groups in total. The summed E-state index contributed by atoms with van der Waals surface area (Å²) in [6.07, 6.45) is 2.64. The van der Waals surface area contributed by atoms with E-state index in [4.69, 9.17) is 10.5 Å². The molecule has 0 aliphatic heterocycles. The fourth-order valence-corrected chi connectivity index (χ4v) is 2.52. The molecule has 0 radical (unpaired) electrons. The average Bonchev–Trinajstić information content (AvgIpc) is 3.23. The van der Waals surface area contributed by atoms with E-state index >= 15 is 0 Å². The molecule has 1 unspecified atom stereocenters. The van der Waals surface area contributed by atoms with E-state index in [1.807, 2.05) is 12.1 Å². The summed E-state index contributed by atoms with van der Waals surface area (Å²) in [5.74, 6) is 1.68. The minimum atomic E-state index is 0.139. The van der Waals surface area contributed by atoms with Crippen LogP contribution in [0.3, 0.4) is 0 Å². The Labute approximate surface area is 110 Å². The summed E-state index contributed by atoms with van der Waals surface area (Å²) in [6, 6.07) is 8.28. The van der Waals surface area contributed by atoms with Crippen molar-refractivity contribution in [3.63, 3.8) is 0 Å². The summed E-state index contributed by atoms with van der Waals surface area (Å²) in [4.78, 5) is 2.40. The van der Waals surface area contributed by atoms with Gasteiger partial charge in [0.2, 0.25) is 0 Å². The van der Waals surface area contributed by atoms with Crippen LogP contribution in [0.5, 0.6) is 5.75 Å². The third kappa shape index (κ3) is 2.68. The lowest BCUT2D eigenvalue weighted by Crippen LogP contribution is -2.51. The fraction of sp³-hybridized carbons (Fsp3) is 0.600. The summed E-state index contributed by atoms with van der Waals surface area (Å²) >= 11 is 0. The molecule has 3 nitrogen and oxygen atoms in total. The Morgan fingerprint density at radius 1 is 1.33 bits per heavy atom. The molecule has 0 saturated heterocycles. The summed E-state index contributed by atoms with van der Waals surface area (Å²) in [7, 11) is 3.87. The first-order valence-electron chi connectivity index (χ1n) is 6.64. The first kappa shape index (κ1) is 13.4. The van der Waals surface area contributed by atoms with Crippen LogP contribution in [-0.2, 0) is 6.54 Å². The largest absolute Gasteiger partial charge is 0.497 e. The van der Waals surface area contributed by atoms with Crippen LogP contribution in [0.15, 0.2) is 24.3 Å². The molecule has 1 aromatic rings. The standard InChI is InChI=1S/C15H24N2O/c1-15(11-16,13-6-7-13)17(2)10-12-4-8-14(18-3)9-5-12/h4-5,8-9,13H,6-7,10-11,16H2,1-3H3. The summed E-state index contributed by atoms with van der Waals surface area (Å²) in [6.45, 7) is 3.95. The van der Waals surface area contributed by atoms with Crippen molar-refractivity contribution in [3.8, 4) is 5.75 Å². The smallest absolute Gasteiger partial charge is 0.118 e. The number of hydrogen-bond donors (Lipinski definition) is 1. The van der Waals surface area contributed by atoms with Crippen LogP contribution in [0.4, 0.5) is 0 Å². The van der Waals surface area contributed by atoms with Crippen LogP contribution in [0.1, 0.15) is 25.3 Å². The zero-order chi connectivity index (χ0) is 13.2. The zero-order valence-electron chi connectivity index (χ0n) is 11.6. The van der Waals surface area contributed by atoms with Crippen LogP contribution in [0.2, 0.25) is 0 Å². The van der Waals surface area contributed by atoms with E-state index in [9.17, 15) is 0 Å². The molecule has 0 amide bonds. The predicted molar refractivity (Wildman–Crippen MR) is 74.6 cm³/mol. The average molecular weight is 248 g/mol. The van der Waals surface area contributed by atoms with Gasteiger partial charge in [-0.1, -0.05) is 12.1 Å². The van der Waals surface area contributed by atoms with E-state index in [1.54, 1.807) is 7.11 Å². The molecule has 3 heteroatoms. The third-order valence-electron chi connectivity index (χ3n) is 4.32. The van der Waals surface area contributed by atoms with Gasteiger partial charge in [-0.25, -0.2) is 0 Å². The molecule has 100 valence electrons. The molecular formula is C15H24N2O. The molecule has 1 fully saturated rings. The lowest BCUT2D eigenvalue weighted by Gasteiger charge is -2.38. The minimum Gasteiger partial charge on any atom is -0.497 e. The van der Waals surface area contributed by atoms with Crippen molar-refractivity contribution >= 4 is 0 Å². The van der Waals surface area contributed by atoms with Crippen LogP contribution < -0.4 is 10.5 Å². The van der Waals surface area contributed by atoms with Gasteiger partial charge in [-0.2, -0.15) is 0 Å². The van der Waals surface area contributed by atoms with Crippen molar-refractivity contribution in [2.45, 2.75) is 31.8 Å². The first-order valence-corrected chi connectivity index (χ1v) is 6.64. The summed E-state index contributed by atoms with van der Waals surface area (Å²) in [5, 5.41) is 0. The maximum absolute atomic E-state index is 5.99. The van der Waals surface area contributed by atoms with Crippen molar-refractivity contribution in [1.29, 1.82) is 0 Å². The maximum atomic E-state index is 5.99. The molecule has 0 heterocycles. The van der Waals surface area contributed by atoms with Gasteiger partial charge in [0.05, 0.1) is 7.11 Å². The quantitative estimate of drug-likeness (QED) is 0.839. The number of ether oxygens (including phenoxy) is 1. The van der Waals surface area contributed by atoms with Crippen molar-refractivity contribution in [2.75, 3.05) is 20.7 Å². The second-order valence-electron chi connectivity index (χ2n) is 5.54. The lowest BCUT2D eigenvalue weighted by atomic mass is 9.93. The Hall–Kier alpha value is -1.06. The summed E-state index contributed by atoms with van der Waals surface area (Å²) in [5.41, 5.74) is 7.43. The van der Waals surface area contributed by atoms with Gasteiger partial charge in [-0.3, -0.25) is 4.90 Å². The Bertz CT molecular complexity index is 386. The molecule has 18 heavy (non-hydrogen) atoms. The highest BCUT2D eigenvalue weighted by Gasteiger charge is 2.43. The Morgan fingerprint density at radius 3 is 2.39 bits per heavy atom. The van der Waals surface area contributed by atoms with Crippen molar-refractivity contribution in [1.82, 2.24) is 4.90 Å². The lowest BCUT2D eigenvalue weighted by molar-refractivity contribution is 0.113. The number of nitrogens with zero attached hydrogens (tertiary/aromatic N) is 1. The van der Waals surface area contributed by atoms with E-state index in [0.717, 1.165) is 24.8 Å². The predicted octanol–water partition coefficient (Wildman–Crippen LogP) is 2.25. The summed E-state index contributed by atoms with van der Waals surface area (Å²) < 4.78 is 5.18. The Morgan fingerprint density at radius 2 is 1.94 bits per heavy atom. The SMILES string of the molecule is COc1ccc(CN(C)C(C)(CN)C2CC2)cc1. The van der Waals surface area contributed by atoms with Crippen LogP contribution in [0.25, 0.3) is 0 Å². The number of methoxy groups -OCH3 is 1. The zero-order valence-corrected chi connectivity index (χ0v) is 11.6. The molecule has 1 aromatic carbocycles. The molecule has 2 rings (SSSR count).